The number of carbonyl (C=O) groups is 1. The third kappa shape index (κ3) is 5.65. The van der Waals surface area contributed by atoms with Crippen LogP contribution in [-0.2, 0) is 4.79 Å². The van der Waals surface area contributed by atoms with Gasteiger partial charge in [-0.05, 0) is 62.4 Å². The highest BCUT2D eigenvalue weighted by molar-refractivity contribution is 7.99. The van der Waals surface area contributed by atoms with E-state index in [2.05, 4.69) is 30.7 Å². The maximum atomic E-state index is 12.5. The molecule has 0 bridgehead atoms. The summed E-state index contributed by atoms with van der Waals surface area (Å²) in [6.07, 6.45) is 6.79. The van der Waals surface area contributed by atoms with Gasteiger partial charge in [0.25, 0.3) is 5.91 Å². The summed E-state index contributed by atoms with van der Waals surface area (Å²) in [6, 6.07) is 15.1. The number of benzene rings is 1. The van der Waals surface area contributed by atoms with Gasteiger partial charge in [-0.2, -0.15) is 5.10 Å². The lowest BCUT2D eigenvalue weighted by Gasteiger charge is -2.11. The summed E-state index contributed by atoms with van der Waals surface area (Å²) in [7, 11) is 0. The van der Waals surface area contributed by atoms with E-state index in [0.29, 0.717) is 23.3 Å². The van der Waals surface area contributed by atoms with Crippen LogP contribution in [0.5, 0.6) is 5.75 Å². The molecule has 0 aliphatic carbocycles. The molecular weight excluding hydrogens is 450 g/mol. The third-order valence-corrected chi connectivity index (χ3v) is 5.67. The molecule has 3 heterocycles. The second-order valence-corrected chi connectivity index (χ2v) is 8.01. The summed E-state index contributed by atoms with van der Waals surface area (Å²) in [6.45, 7) is 4.36. The zero-order chi connectivity index (χ0) is 23.8. The van der Waals surface area contributed by atoms with Crippen LogP contribution < -0.4 is 10.2 Å². The van der Waals surface area contributed by atoms with Crippen LogP contribution in [0.1, 0.15) is 19.4 Å². The topological polar surface area (TPSA) is 107 Å². The number of carbonyl (C=O) groups excluding carboxylic acids is 1. The van der Waals surface area contributed by atoms with Gasteiger partial charge < -0.3 is 4.74 Å². The number of rotatable bonds is 9. The van der Waals surface area contributed by atoms with Crippen LogP contribution in [0, 0.1) is 0 Å². The quantitative estimate of drug-likeness (QED) is 0.224. The third-order valence-electron chi connectivity index (χ3n) is 4.74. The number of ether oxygens (including phenoxy) is 1. The largest absolute Gasteiger partial charge is 0.494 e. The Labute approximate surface area is 201 Å². The van der Waals surface area contributed by atoms with Crippen molar-refractivity contribution in [3.63, 3.8) is 0 Å². The monoisotopic (exact) mass is 473 g/mol. The molecule has 1 N–H and O–H groups in total. The molecule has 0 spiro atoms. The Kier molecular flexibility index (Phi) is 7.61. The van der Waals surface area contributed by atoms with Crippen LogP contribution in [0.3, 0.4) is 0 Å². The molecule has 0 radical (unpaired) electrons. The van der Waals surface area contributed by atoms with E-state index in [4.69, 9.17) is 4.74 Å². The highest BCUT2D eigenvalue weighted by Crippen LogP contribution is 2.28. The van der Waals surface area contributed by atoms with Gasteiger partial charge >= 0.3 is 0 Å². The van der Waals surface area contributed by atoms with Crippen molar-refractivity contribution >= 4 is 23.4 Å². The maximum absolute atomic E-state index is 12.5. The Morgan fingerprint density at radius 3 is 2.56 bits per heavy atom. The first-order valence-electron chi connectivity index (χ1n) is 10.6. The molecule has 0 fully saturated rings. The Morgan fingerprint density at radius 2 is 1.85 bits per heavy atom. The lowest BCUT2D eigenvalue weighted by molar-refractivity contribution is -0.118. The van der Waals surface area contributed by atoms with E-state index in [1.54, 1.807) is 24.8 Å². The number of nitrogens with zero attached hydrogens (tertiary/aromatic N) is 6. The lowest BCUT2D eigenvalue weighted by Crippen LogP contribution is -2.21. The highest BCUT2D eigenvalue weighted by Gasteiger charge is 2.17. The Hall–Kier alpha value is -4.05. The Morgan fingerprint density at radius 1 is 1.06 bits per heavy atom. The number of thioether (sulfide) groups is 1. The van der Waals surface area contributed by atoms with E-state index in [9.17, 15) is 4.79 Å². The van der Waals surface area contributed by atoms with Gasteiger partial charge in [-0.3, -0.25) is 19.3 Å². The fourth-order valence-corrected chi connectivity index (χ4v) is 3.85. The van der Waals surface area contributed by atoms with E-state index >= 15 is 0 Å². The average molecular weight is 474 g/mol. The molecule has 0 aliphatic heterocycles. The smallest absolute Gasteiger partial charge is 0.250 e. The summed E-state index contributed by atoms with van der Waals surface area (Å²) in [5, 5.41) is 13.5. The van der Waals surface area contributed by atoms with Crippen LogP contribution in [0.25, 0.3) is 17.1 Å². The predicted molar refractivity (Wildman–Crippen MR) is 131 cm³/mol. The molecule has 0 aliphatic rings. The zero-order valence-electron chi connectivity index (χ0n) is 18.8. The van der Waals surface area contributed by atoms with Gasteiger partial charge in [0.2, 0.25) is 0 Å². The molecule has 1 aromatic carbocycles. The molecule has 0 saturated carbocycles. The molecule has 0 unspecified atom stereocenters. The molecule has 172 valence electrons. The molecule has 4 rings (SSSR count). The minimum absolute atomic E-state index is 0.120. The molecule has 1 amide bonds. The Balaban J connectivity index is 1.53. The molecule has 10 heteroatoms. The summed E-state index contributed by atoms with van der Waals surface area (Å²) < 4.78 is 7.45. The second-order valence-electron chi connectivity index (χ2n) is 7.07. The number of hydrogen-bond acceptors (Lipinski definition) is 8. The molecule has 0 atom stereocenters. The summed E-state index contributed by atoms with van der Waals surface area (Å²) in [5.41, 5.74) is 5.84. The van der Waals surface area contributed by atoms with Crippen molar-refractivity contribution in [2.45, 2.75) is 19.0 Å². The van der Waals surface area contributed by atoms with Crippen molar-refractivity contribution in [3.05, 3.63) is 78.9 Å². The molecular formula is C24H23N7O2S. The highest BCUT2D eigenvalue weighted by atomic mass is 32.2. The molecule has 4 aromatic rings. The first-order chi connectivity index (χ1) is 16.7. The normalized spacial score (nSPS) is 11.3. The summed E-state index contributed by atoms with van der Waals surface area (Å²) in [5.74, 6) is 1.28. The molecule has 0 saturated heterocycles. The SMILES string of the molecule is CCOc1ccc(-n2c(SCC(=O)NN=C(C)c3ccncc3)nnc2-c2cccnc2)cc1. The van der Waals surface area contributed by atoms with Gasteiger partial charge in [-0.1, -0.05) is 11.8 Å². The lowest BCUT2D eigenvalue weighted by atomic mass is 10.2. The van der Waals surface area contributed by atoms with Crippen molar-refractivity contribution < 1.29 is 9.53 Å². The van der Waals surface area contributed by atoms with Gasteiger partial charge in [0.1, 0.15) is 5.75 Å². The van der Waals surface area contributed by atoms with Gasteiger partial charge in [0.05, 0.1) is 18.1 Å². The van der Waals surface area contributed by atoms with Crippen LogP contribution in [0.4, 0.5) is 0 Å². The van der Waals surface area contributed by atoms with Gasteiger partial charge in [0.15, 0.2) is 11.0 Å². The van der Waals surface area contributed by atoms with E-state index < -0.39 is 0 Å². The van der Waals surface area contributed by atoms with Gasteiger partial charge in [0, 0.05) is 41.6 Å². The van der Waals surface area contributed by atoms with Crippen molar-refractivity contribution in [2.75, 3.05) is 12.4 Å². The van der Waals surface area contributed by atoms with Gasteiger partial charge in [-0.15, -0.1) is 10.2 Å². The first-order valence-corrected chi connectivity index (χ1v) is 11.6. The number of pyridine rings is 2. The minimum atomic E-state index is -0.248. The second kappa shape index (κ2) is 11.2. The molecule has 34 heavy (non-hydrogen) atoms. The van der Waals surface area contributed by atoms with Gasteiger partial charge in [-0.25, -0.2) is 5.43 Å². The minimum Gasteiger partial charge on any atom is -0.494 e. The number of amides is 1. The summed E-state index contributed by atoms with van der Waals surface area (Å²) in [4.78, 5) is 20.6. The van der Waals surface area contributed by atoms with Crippen LogP contribution in [0.2, 0.25) is 0 Å². The van der Waals surface area contributed by atoms with Crippen molar-refractivity contribution in [1.82, 2.24) is 30.2 Å². The number of hydrogen-bond donors (Lipinski definition) is 1. The van der Waals surface area contributed by atoms with E-state index in [0.717, 1.165) is 22.6 Å². The Bertz CT molecular complexity index is 1260. The molecule has 3 aromatic heterocycles. The standard InChI is InChI=1S/C24H23N7O2S/c1-3-33-21-8-6-20(7-9-21)31-23(19-5-4-12-26-15-19)29-30-24(31)34-16-22(32)28-27-17(2)18-10-13-25-14-11-18/h4-15H,3,16H2,1-2H3,(H,28,32). The van der Waals surface area contributed by atoms with Crippen LogP contribution in [-0.4, -0.2) is 48.7 Å². The van der Waals surface area contributed by atoms with Crippen molar-refractivity contribution in [3.8, 4) is 22.8 Å². The summed E-state index contributed by atoms with van der Waals surface area (Å²) >= 11 is 1.27. The van der Waals surface area contributed by atoms with E-state index in [1.165, 1.54) is 11.8 Å². The first kappa shape index (κ1) is 23.1. The van der Waals surface area contributed by atoms with Crippen molar-refractivity contribution in [2.24, 2.45) is 5.10 Å². The average Bonchev–Trinajstić information content (AvgIpc) is 3.31. The molecule has 9 nitrogen and oxygen atoms in total. The number of hydrazone groups is 1. The van der Waals surface area contributed by atoms with E-state index in [1.807, 2.05) is 66.9 Å². The van der Waals surface area contributed by atoms with Crippen LogP contribution in [0.15, 0.2) is 83.6 Å². The fourth-order valence-electron chi connectivity index (χ4n) is 3.10. The van der Waals surface area contributed by atoms with Crippen LogP contribution >= 0.6 is 11.8 Å². The van der Waals surface area contributed by atoms with Crippen molar-refractivity contribution in [1.29, 1.82) is 0 Å². The number of nitrogens with one attached hydrogen (secondary N) is 1. The fraction of sp³-hybridized carbons (Fsp3) is 0.167. The zero-order valence-corrected chi connectivity index (χ0v) is 19.6. The maximum Gasteiger partial charge on any atom is 0.250 e. The predicted octanol–water partition coefficient (Wildman–Crippen LogP) is 3.76. The van der Waals surface area contributed by atoms with E-state index in [-0.39, 0.29) is 11.7 Å². The number of aromatic nitrogens is 5.